The molecule has 2 amide bonds. The van der Waals surface area contributed by atoms with Crippen LogP contribution in [0.4, 0.5) is 4.79 Å². The van der Waals surface area contributed by atoms with E-state index in [1.807, 2.05) is 13.8 Å². The lowest BCUT2D eigenvalue weighted by Gasteiger charge is -2.51. The van der Waals surface area contributed by atoms with Gasteiger partial charge in [0.2, 0.25) is 0 Å². The SMILES string of the molecule is COC1CC(NC(=O)NC(C)CC(=O)O)C1(C)C. The maximum absolute atomic E-state index is 11.7. The number of carbonyl (C=O) groups excluding carboxylic acids is 1. The minimum atomic E-state index is -0.925. The maximum Gasteiger partial charge on any atom is 0.315 e. The Labute approximate surface area is 107 Å². The van der Waals surface area contributed by atoms with Gasteiger partial charge in [-0.3, -0.25) is 4.79 Å². The highest BCUT2D eigenvalue weighted by molar-refractivity contribution is 5.76. The molecule has 1 fully saturated rings. The predicted molar refractivity (Wildman–Crippen MR) is 66.4 cm³/mol. The van der Waals surface area contributed by atoms with Gasteiger partial charge in [-0.1, -0.05) is 13.8 Å². The molecule has 0 aliphatic heterocycles. The summed E-state index contributed by atoms with van der Waals surface area (Å²) in [5.74, 6) is -0.925. The van der Waals surface area contributed by atoms with E-state index < -0.39 is 5.97 Å². The highest BCUT2D eigenvalue weighted by atomic mass is 16.5. The van der Waals surface area contributed by atoms with Crippen LogP contribution in [0.2, 0.25) is 0 Å². The van der Waals surface area contributed by atoms with E-state index in [1.165, 1.54) is 0 Å². The molecule has 6 heteroatoms. The molecule has 6 nitrogen and oxygen atoms in total. The number of hydrogen-bond acceptors (Lipinski definition) is 3. The minimum absolute atomic E-state index is 0.0551. The van der Waals surface area contributed by atoms with Gasteiger partial charge in [0.05, 0.1) is 12.5 Å². The number of rotatable bonds is 5. The molecule has 0 radical (unpaired) electrons. The normalized spacial score (nSPS) is 26.9. The van der Waals surface area contributed by atoms with Crippen molar-refractivity contribution in [2.45, 2.75) is 51.8 Å². The molecule has 0 heterocycles. The van der Waals surface area contributed by atoms with E-state index in [0.717, 1.165) is 6.42 Å². The number of carbonyl (C=O) groups is 2. The second-order valence-electron chi connectivity index (χ2n) is 5.45. The molecule has 1 aliphatic rings. The van der Waals surface area contributed by atoms with Gasteiger partial charge in [0.25, 0.3) is 0 Å². The zero-order valence-corrected chi connectivity index (χ0v) is 11.3. The molecule has 0 aromatic carbocycles. The Morgan fingerprint density at radius 1 is 1.50 bits per heavy atom. The molecular formula is C12H22N2O4. The Morgan fingerprint density at radius 3 is 2.56 bits per heavy atom. The number of aliphatic carboxylic acids is 1. The first-order chi connectivity index (χ1) is 8.27. The summed E-state index contributed by atoms with van der Waals surface area (Å²) in [6, 6.07) is -0.653. The maximum atomic E-state index is 11.7. The Morgan fingerprint density at radius 2 is 2.11 bits per heavy atom. The smallest absolute Gasteiger partial charge is 0.315 e. The van der Waals surface area contributed by atoms with Gasteiger partial charge in [-0.15, -0.1) is 0 Å². The van der Waals surface area contributed by atoms with E-state index in [2.05, 4.69) is 10.6 Å². The highest BCUT2D eigenvalue weighted by Crippen LogP contribution is 2.42. The molecule has 18 heavy (non-hydrogen) atoms. The average Bonchev–Trinajstić information content (AvgIpc) is 2.22. The lowest BCUT2D eigenvalue weighted by atomic mass is 9.64. The van der Waals surface area contributed by atoms with Crippen LogP contribution in [-0.2, 0) is 9.53 Å². The fourth-order valence-corrected chi connectivity index (χ4v) is 2.27. The predicted octanol–water partition coefficient (Wildman–Crippen LogP) is 0.962. The fraction of sp³-hybridized carbons (Fsp3) is 0.833. The van der Waals surface area contributed by atoms with Crippen molar-refractivity contribution in [3.05, 3.63) is 0 Å². The lowest BCUT2D eigenvalue weighted by molar-refractivity contribution is -0.137. The standard InChI is InChI=1S/C12H22N2O4/c1-7(5-10(15)16)13-11(17)14-8-6-9(18-4)12(8,2)3/h7-9H,5-6H2,1-4H3,(H,15,16)(H2,13,14,17). The zero-order chi connectivity index (χ0) is 13.9. The molecule has 1 rings (SSSR count). The van der Waals surface area contributed by atoms with Crippen molar-refractivity contribution < 1.29 is 19.4 Å². The van der Waals surface area contributed by atoms with E-state index in [9.17, 15) is 9.59 Å². The summed E-state index contributed by atoms with van der Waals surface area (Å²) in [4.78, 5) is 22.1. The molecule has 0 bridgehead atoms. The third-order valence-electron chi connectivity index (χ3n) is 3.63. The van der Waals surface area contributed by atoms with Crippen molar-refractivity contribution in [1.82, 2.24) is 10.6 Å². The first kappa shape index (κ1) is 14.8. The summed E-state index contributed by atoms with van der Waals surface area (Å²) in [6.45, 7) is 5.74. The topological polar surface area (TPSA) is 87.7 Å². The van der Waals surface area contributed by atoms with Gasteiger partial charge in [-0.05, 0) is 13.3 Å². The van der Waals surface area contributed by atoms with Crippen LogP contribution in [0.1, 0.15) is 33.6 Å². The van der Waals surface area contributed by atoms with Gasteiger partial charge < -0.3 is 20.5 Å². The first-order valence-corrected chi connectivity index (χ1v) is 6.09. The molecule has 3 N–H and O–H groups in total. The molecule has 3 unspecified atom stereocenters. The van der Waals surface area contributed by atoms with E-state index in [0.29, 0.717) is 0 Å². The van der Waals surface area contributed by atoms with Crippen LogP contribution < -0.4 is 10.6 Å². The Kier molecular flexibility index (Phi) is 4.56. The molecule has 0 spiro atoms. The molecule has 1 aliphatic carbocycles. The van der Waals surface area contributed by atoms with Crippen molar-refractivity contribution >= 4 is 12.0 Å². The molecule has 104 valence electrons. The van der Waals surface area contributed by atoms with Crippen molar-refractivity contribution in [3.63, 3.8) is 0 Å². The number of urea groups is 1. The lowest BCUT2D eigenvalue weighted by Crippen LogP contribution is -2.63. The van der Waals surface area contributed by atoms with Crippen LogP contribution in [0, 0.1) is 5.41 Å². The summed E-state index contributed by atoms with van der Waals surface area (Å²) in [5, 5.41) is 14.1. The average molecular weight is 258 g/mol. The van der Waals surface area contributed by atoms with Gasteiger partial charge in [0.15, 0.2) is 0 Å². The number of methoxy groups -OCH3 is 1. The van der Waals surface area contributed by atoms with E-state index in [4.69, 9.17) is 9.84 Å². The van der Waals surface area contributed by atoms with Gasteiger partial charge >= 0.3 is 12.0 Å². The third-order valence-corrected chi connectivity index (χ3v) is 3.63. The molecule has 3 atom stereocenters. The number of carboxylic acid groups (broad SMARTS) is 1. The highest BCUT2D eigenvalue weighted by Gasteiger charge is 2.49. The van der Waals surface area contributed by atoms with E-state index >= 15 is 0 Å². The Balaban J connectivity index is 2.36. The molecule has 0 aromatic heterocycles. The van der Waals surface area contributed by atoms with Gasteiger partial charge in [0, 0.05) is 24.6 Å². The Hall–Kier alpha value is -1.30. The summed E-state index contributed by atoms with van der Waals surface area (Å²) in [7, 11) is 1.66. The number of carboxylic acids is 1. The van der Waals surface area contributed by atoms with Crippen LogP contribution in [0.15, 0.2) is 0 Å². The quantitative estimate of drug-likeness (QED) is 0.685. The number of nitrogens with one attached hydrogen (secondary N) is 2. The largest absolute Gasteiger partial charge is 0.481 e. The minimum Gasteiger partial charge on any atom is -0.481 e. The number of ether oxygens (including phenoxy) is 1. The van der Waals surface area contributed by atoms with Crippen molar-refractivity contribution in [2.75, 3.05) is 7.11 Å². The second kappa shape index (κ2) is 5.56. The van der Waals surface area contributed by atoms with Crippen LogP contribution in [0.5, 0.6) is 0 Å². The van der Waals surface area contributed by atoms with Crippen molar-refractivity contribution in [3.8, 4) is 0 Å². The summed E-state index contributed by atoms with van der Waals surface area (Å²) >= 11 is 0. The summed E-state index contributed by atoms with van der Waals surface area (Å²) in [6.07, 6.45) is 0.853. The van der Waals surface area contributed by atoms with Gasteiger partial charge in [-0.2, -0.15) is 0 Å². The van der Waals surface area contributed by atoms with Crippen LogP contribution in [0.25, 0.3) is 0 Å². The van der Waals surface area contributed by atoms with E-state index in [-0.39, 0.29) is 36.1 Å². The van der Waals surface area contributed by atoms with Crippen molar-refractivity contribution in [1.29, 1.82) is 0 Å². The second-order valence-corrected chi connectivity index (χ2v) is 5.45. The Bertz CT molecular complexity index is 330. The fourth-order valence-electron chi connectivity index (χ4n) is 2.27. The molecule has 1 saturated carbocycles. The molecule has 0 aromatic rings. The van der Waals surface area contributed by atoms with Gasteiger partial charge in [0.1, 0.15) is 0 Å². The zero-order valence-electron chi connectivity index (χ0n) is 11.3. The van der Waals surface area contributed by atoms with Crippen LogP contribution >= 0.6 is 0 Å². The van der Waals surface area contributed by atoms with Gasteiger partial charge in [-0.25, -0.2) is 4.79 Å². The summed E-state index contributed by atoms with van der Waals surface area (Å²) < 4.78 is 5.30. The third kappa shape index (κ3) is 3.35. The first-order valence-electron chi connectivity index (χ1n) is 6.09. The van der Waals surface area contributed by atoms with Crippen molar-refractivity contribution in [2.24, 2.45) is 5.41 Å². The number of hydrogen-bond donors (Lipinski definition) is 3. The number of amides is 2. The molecule has 0 saturated heterocycles. The monoisotopic (exact) mass is 258 g/mol. The summed E-state index contributed by atoms with van der Waals surface area (Å²) in [5.41, 5.74) is -0.0951. The van der Waals surface area contributed by atoms with Crippen LogP contribution in [-0.4, -0.2) is 42.4 Å². The van der Waals surface area contributed by atoms with Crippen LogP contribution in [0.3, 0.4) is 0 Å². The van der Waals surface area contributed by atoms with E-state index in [1.54, 1.807) is 14.0 Å². The molecular weight excluding hydrogens is 236 g/mol.